The standard InChI is InChI=1S/C14H10ClF3N4/c15-11-4-6-12(7-5-11)21-19-9-20-22-13-3-1-2-10(8-13)14(16,17)18/h1-9,21H. The molecule has 2 aromatic carbocycles. The Balaban J connectivity index is 1.95. The van der Waals surface area contributed by atoms with E-state index >= 15 is 0 Å². The van der Waals surface area contributed by atoms with E-state index < -0.39 is 11.7 Å². The third-order valence-corrected chi connectivity index (χ3v) is 2.75. The van der Waals surface area contributed by atoms with Crippen LogP contribution in [-0.4, -0.2) is 6.34 Å². The molecule has 1 N–H and O–H groups in total. The van der Waals surface area contributed by atoms with Gasteiger partial charge in [0.05, 0.1) is 16.9 Å². The number of rotatable bonds is 4. The molecule has 8 heteroatoms. The summed E-state index contributed by atoms with van der Waals surface area (Å²) in [7, 11) is 0. The normalized spacial score (nSPS) is 12.2. The van der Waals surface area contributed by atoms with E-state index in [0.29, 0.717) is 10.7 Å². The second-order valence-corrected chi connectivity index (χ2v) is 4.56. The number of azo groups is 1. The summed E-state index contributed by atoms with van der Waals surface area (Å²) in [5.41, 5.74) is 2.67. The third kappa shape index (κ3) is 4.85. The van der Waals surface area contributed by atoms with Crippen LogP contribution in [0.2, 0.25) is 5.02 Å². The number of benzene rings is 2. The average molecular weight is 327 g/mol. The number of anilines is 1. The van der Waals surface area contributed by atoms with Gasteiger partial charge in [0, 0.05) is 5.02 Å². The lowest BCUT2D eigenvalue weighted by molar-refractivity contribution is -0.137. The number of halogens is 4. The van der Waals surface area contributed by atoms with Crippen molar-refractivity contribution in [3.05, 3.63) is 59.1 Å². The number of nitrogens with zero attached hydrogens (tertiary/aromatic N) is 3. The lowest BCUT2D eigenvalue weighted by Crippen LogP contribution is -2.03. The Labute approximate surface area is 129 Å². The van der Waals surface area contributed by atoms with Crippen molar-refractivity contribution < 1.29 is 13.2 Å². The largest absolute Gasteiger partial charge is 0.416 e. The molecule has 22 heavy (non-hydrogen) atoms. The Morgan fingerprint density at radius 1 is 1.05 bits per heavy atom. The fourth-order valence-electron chi connectivity index (χ4n) is 1.49. The SMILES string of the molecule is FC(F)(F)c1cccc(N=NC=NNc2ccc(Cl)cc2)c1. The first kappa shape index (κ1) is 16.0. The molecule has 0 saturated heterocycles. The summed E-state index contributed by atoms with van der Waals surface area (Å²) in [6.45, 7) is 0. The minimum absolute atomic E-state index is 0.0905. The minimum Gasteiger partial charge on any atom is -0.277 e. The predicted octanol–water partition coefficient (Wildman–Crippen LogP) is 5.50. The van der Waals surface area contributed by atoms with Crippen LogP contribution in [0.5, 0.6) is 0 Å². The molecule has 0 fully saturated rings. The topological polar surface area (TPSA) is 49.1 Å². The van der Waals surface area contributed by atoms with Crippen molar-refractivity contribution in [1.82, 2.24) is 0 Å². The van der Waals surface area contributed by atoms with E-state index in [0.717, 1.165) is 18.5 Å². The van der Waals surface area contributed by atoms with Crippen molar-refractivity contribution >= 4 is 29.3 Å². The second kappa shape index (κ2) is 7.04. The van der Waals surface area contributed by atoms with E-state index in [1.807, 2.05) is 0 Å². The Bertz CT molecular complexity index is 681. The Kier molecular flexibility index (Phi) is 5.11. The van der Waals surface area contributed by atoms with Gasteiger partial charge in [-0.25, -0.2) is 0 Å². The Hall–Kier alpha value is -2.41. The summed E-state index contributed by atoms with van der Waals surface area (Å²) in [6, 6.07) is 11.3. The first-order chi connectivity index (χ1) is 10.4. The molecule has 0 aromatic heterocycles. The molecule has 2 aromatic rings. The van der Waals surface area contributed by atoms with Gasteiger partial charge in [-0.3, -0.25) is 5.43 Å². The van der Waals surface area contributed by atoms with Gasteiger partial charge in [0.25, 0.3) is 0 Å². The number of hydrogen-bond acceptors (Lipinski definition) is 3. The molecule has 0 bridgehead atoms. The van der Waals surface area contributed by atoms with Gasteiger partial charge >= 0.3 is 6.18 Å². The van der Waals surface area contributed by atoms with Crippen LogP contribution in [0.25, 0.3) is 0 Å². The van der Waals surface area contributed by atoms with Gasteiger partial charge in [-0.05, 0) is 42.5 Å². The second-order valence-electron chi connectivity index (χ2n) is 4.13. The summed E-state index contributed by atoms with van der Waals surface area (Å²) >= 11 is 5.73. The van der Waals surface area contributed by atoms with Gasteiger partial charge < -0.3 is 0 Å². The highest BCUT2D eigenvalue weighted by molar-refractivity contribution is 6.30. The highest BCUT2D eigenvalue weighted by Crippen LogP contribution is 2.31. The quantitative estimate of drug-likeness (QED) is 0.343. The lowest BCUT2D eigenvalue weighted by Gasteiger charge is -2.05. The van der Waals surface area contributed by atoms with Crippen LogP contribution in [-0.2, 0) is 6.18 Å². The zero-order valence-electron chi connectivity index (χ0n) is 11.0. The van der Waals surface area contributed by atoms with Crippen LogP contribution in [0.1, 0.15) is 5.56 Å². The van der Waals surface area contributed by atoms with Crippen molar-refractivity contribution in [3.8, 4) is 0 Å². The highest BCUT2D eigenvalue weighted by Gasteiger charge is 2.30. The van der Waals surface area contributed by atoms with E-state index in [1.54, 1.807) is 24.3 Å². The van der Waals surface area contributed by atoms with Crippen LogP contribution >= 0.6 is 11.6 Å². The van der Waals surface area contributed by atoms with Crippen molar-refractivity contribution in [2.45, 2.75) is 6.18 Å². The van der Waals surface area contributed by atoms with Crippen LogP contribution in [0.4, 0.5) is 24.5 Å². The molecule has 0 radical (unpaired) electrons. The molecule has 0 spiro atoms. The van der Waals surface area contributed by atoms with Crippen LogP contribution in [0, 0.1) is 0 Å². The lowest BCUT2D eigenvalue weighted by atomic mass is 10.2. The fourth-order valence-corrected chi connectivity index (χ4v) is 1.62. The maximum Gasteiger partial charge on any atom is 0.416 e. The van der Waals surface area contributed by atoms with Gasteiger partial charge in [0.2, 0.25) is 0 Å². The highest BCUT2D eigenvalue weighted by atomic mass is 35.5. The Morgan fingerprint density at radius 2 is 1.77 bits per heavy atom. The first-order valence-electron chi connectivity index (χ1n) is 6.06. The molecule has 2 rings (SSSR count). The molecule has 114 valence electrons. The average Bonchev–Trinajstić information content (AvgIpc) is 2.48. The van der Waals surface area contributed by atoms with Gasteiger partial charge in [0.1, 0.15) is 0 Å². The predicted molar refractivity (Wildman–Crippen MR) is 79.5 cm³/mol. The molecule has 0 heterocycles. The molecular weight excluding hydrogens is 317 g/mol. The zero-order valence-corrected chi connectivity index (χ0v) is 11.8. The molecule has 0 atom stereocenters. The monoisotopic (exact) mass is 326 g/mol. The van der Waals surface area contributed by atoms with Crippen molar-refractivity contribution in [2.24, 2.45) is 15.3 Å². The maximum atomic E-state index is 12.5. The van der Waals surface area contributed by atoms with Crippen LogP contribution in [0.3, 0.4) is 0 Å². The maximum absolute atomic E-state index is 12.5. The van der Waals surface area contributed by atoms with E-state index in [-0.39, 0.29) is 5.69 Å². The van der Waals surface area contributed by atoms with Gasteiger partial charge in [-0.1, -0.05) is 17.7 Å². The van der Waals surface area contributed by atoms with E-state index in [9.17, 15) is 13.2 Å². The summed E-state index contributed by atoms with van der Waals surface area (Å²) < 4.78 is 37.5. The smallest absolute Gasteiger partial charge is 0.277 e. The minimum atomic E-state index is -4.41. The molecular formula is C14H10ClF3N4. The molecule has 0 aliphatic heterocycles. The van der Waals surface area contributed by atoms with Gasteiger partial charge in [0.15, 0.2) is 6.34 Å². The third-order valence-electron chi connectivity index (χ3n) is 2.49. The number of hydrogen-bond donors (Lipinski definition) is 1. The first-order valence-corrected chi connectivity index (χ1v) is 6.44. The van der Waals surface area contributed by atoms with Crippen LogP contribution in [0.15, 0.2) is 63.9 Å². The molecule has 4 nitrogen and oxygen atoms in total. The molecule has 0 unspecified atom stereocenters. The fraction of sp³-hybridized carbons (Fsp3) is 0.0714. The van der Waals surface area contributed by atoms with Crippen molar-refractivity contribution in [3.63, 3.8) is 0 Å². The zero-order chi connectivity index (χ0) is 16.0. The summed E-state index contributed by atoms with van der Waals surface area (Å²) in [5, 5.41) is 11.6. The summed E-state index contributed by atoms with van der Waals surface area (Å²) in [6.07, 6.45) is -3.31. The number of hydrazone groups is 1. The Morgan fingerprint density at radius 3 is 2.45 bits per heavy atom. The number of alkyl halides is 3. The van der Waals surface area contributed by atoms with Crippen molar-refractivity contribution in [2.75, 3.05) is 5.43 Å². The number of nitrogens with one attached hydrogen (secondary N) is 1. The molecule has 0 aliphatic carbocycles. The van der Waals surface area contributed by atoms with Crippen LogP contribution < -0.4 is 5.43 Å². The molecule has 0 amide bonds. The summed E-state index contributed by atoms with van der Waals surface area (Å²) in [4.78, 5) is 0. The van der Waals surface area contributed by atoms with E-state index in [4.69, 9.17) is 11.6 Å². The van der Waals surface area contributed by atoms with Crippen molar-refractivity contribution in [1.29, 1.82) is 0 Å². The summed E-state index contributed by atoms with van der Waals surface area (Å²) in [5.74, 6) is 0. The van der Waals surface area contributed by atoms with E-state index in [1.165, 1.54) is 12.1 Å². The van der Waals surface area contributed by atoms with Gasteiger partial charge in [-0.15, -0.1) is 10.2 Å². The molecule has 0 aliphatic rings. The van der Waals surface area contributed by atoms with E-state index in [2.05, 4.69) is 20.8 Å². The molecule has 0 saturated carbocycles. The van der Waals surface area contributed by atoms with Gasteiger partial charge in [-0.2, -0.15) is 18.3 Å².